The second-order valence-electron chi connectivity index (χ2n) is 3.56. The maximum Gasteiger partial charge on any atom is 0.252 e. The van der Waals surface area contributed by atoms with Crippen LogP contribution in [-0.4, -0.2) is 16.4 Å². The summed E-state index contributed by atoms with van der Waals surface area (Å²) in [7, 11) is 0. The first-order chi connectivity index (χ1) is 7.58. The van der Waals surface area contributed by atoms with Gasteiger partial charge in [0.25, 0.3) is 5.56 Å². The molecule has 0 bridgehead atoms. The van der Waals surface area contributed by atoms with Crippen molar-refractivity contribution in [1.82, 2.24) is 9.88 Å². The molecule has 1 N–H and O–H groups in total. The van der Waals surface area contributed by atoms with Gasteiger partial charge in [-0.2, -0.15) is 0 Å². The number of rotatable bonds is 1. The zero-order valence-corrected chi connectivity index (χ0v) is 9.86. The van der Waals surface area contributed by atoms with E-state index in [0.717, 1.165) is 0 Å². The molecule has 1 saturated heterocycles. The Hall–Kier alpha value is -1.43. The summed E-state index contributed by atoms with van der Waals surface area (Å²) in [6, 6.07) is 2.49. The number of hydrogen-bond acceptors (Lipinski definition) is 3. The summed E-state index contributed by atoms with van der Waals surface area (Å²) in [6.45, 7) is 0. The molecule has 1 atom stereocenters. The lowest BCUT2D eigenvalue weighted by Crippen LogP contribution is -2.44. The van der Waals surface area contributed by atoms with Crippen molar-refractivity contribution in [2.24, 2.45) is 0 Å². The smallest absolute Gasteiger partial charge is 0.252 e. The van der Waals surface area contributed by atoms with Crippen molar-refractivity contribution < 1.29 is 9.59 Å². The topological polar surface area (TPSA) is 68.2 Å². The van der Waals surface area contributed by atoms with Crippen LogP contribution in [0.3, 0.4) is 0 Å². The van der Waals surface area contributed by atoms with E-state index in [0.29, 0.717) is 10.9 Å². The van der Waals surface area contributed by atoms with Crippen molar-refractivity contribution in [2.75, 3.05) is 0 Å². The number of amides is 2. The molecule has 5 nitrogen and oxygen atoms in total. The zero-order valence-electron chi connectivity index (χ0n) is 8.27. The number of hydrogen-bond donors (Lipinski definition) is 1. The van der Waals surface area contributed by atoms with E-state index < -0.39 is 11.9 Å². The molecular formula is C10H9BrN2O3. The summed E-state index contributed by atoms with van der Waals surface area (Å²) in [5, 5.41) is 2.22. The van der Waals surface area contributed by atoms with Crippen molar-refractivity contribution in [3.05, 3.63) is 33.2 Å². The Morgan fingerprint density at radius 3 is 2.75 bits per heavy atom. The highest BCUT2D eigenvalue weighted by Gasteiger charge is 2.28. The highest BCUT2D eigenvalue weighted by atomic mass is 79.9. The third kappa shape index (κ3) is 2.06. The van der Waals surface area contributed by atoms with Gasteiger partial charge in [-0.1, -0.05) is 15.9 Å². The maximum atomic E-state index is 11.6. The van der Waals surface area contributed by atoms with Crippen LogP contribution in [0.5, 0.6) is 0 Å². The van der Waals surface area contributed by atoms with Crippen LogP contribution in [0.4, 0.5) is 0 Å². The number of piperidine rings is 1. The molecule has 0 saturated carbocycles. The summed E-state index contributed by atoms with van der Waals surface area (Å²) < 4.78 is 2.01. The van der Waals surface area contributed by atoms with E-state index in [4.69, 9.17) is 0 Å². The van der Waals surface area contributed by atoms with E-state index in [1.165, 1.54) is 10.6 Å². The molecule has 2 rings (SSSR count). The van der Waals surface area contributed by atoms with Gasteiger partial charge in [0.1, 0.15) is 6.04 Å². The minimum absolute atomic E-state index is 0.260. The van der Waals surface area contributed by atoms with Gasteiger partial charge >= 0.3 is 0 Å². The fourth-order valence-electron chi connectivity index (χ4n) is 1.67. The Morgan fingerprint density at radius 2 is 2.12 bits per heavy atom. The average molecular weight is 285 g/mol. The Bertz CT molecular complexity index is 509. The lowest BCUT2D eigenvalue weighted by molar-refractivity contribution is -0.135. The van der Waals surface area contributed by atoms with Gasteiger partial charge in [0.15, 0.2) is 0 Å². The minimum atomic E-state index is -0.585. The predicted molar refractivity (Wildman–Crippen MR) is 59.8 cm³/mol. The summed E-state index contributed by atoms with van der Waals surface area (Å²) in [6.07, 6.45) is 2.18. The molecule has 1 unspecified atom stereocenters. The van der Waals surface area contributed by atoms with Crippen LogP contribution in [-0.2, 0) is 9.59 Å². The third-order valence-electron chi connectivity index (χ3n) is 2.46. The van der Waals surface area contributed by atoms with Crippen LogP contribution >= 0.6 is 15.9 Å². The summed E-state index contributed by atoms with van der Waals surface area (Å²) in [5.74, 6) is -0.702. The zero-order chi connectivity index (χ0) is 11.7. The highest BCUT2D eigenvalue weighted by Crippen LogP contribution is 2.17. The van der Waals surface area contributed by atoms with Crippen molar-refractivity contribution in [2.45, 2.75) is 18.9 Å². The molecular weight excluding hydrogens is 276 g/mol. The molecule has 1 aromatic heterocycles. The van der Waals surface area contributed by atoms with Crippen LogP contribution in [0.15, 0.2) is 27.6 Å². The Balaban J connectivity index is 2.34. The average Bonchev–Trinajstić information content (AvgIpc) is 2.19. The quantitative estimate of drug-likeness (QED) is 0.768. The fraction of sp³-hybridized carbons (Fsp3) is 0.300. The van der Waals surface area contributed by atoms with Crippen molar-refractivity contribution >= 4 is 27.7 Å². The van der Waals surface area contributed by atoms with Crippen LogP contribution in [0.1, 0.15) is 18.9 Å². The molecule has 1 aromatic rings. The first-order valence-electron chi connectivity index (χ1n) is 4.79. The van der Waals surface area contributed by atoms with E-state index in [1.807, 2.05) is 0 Å². The number of halogens is 1. The number of nitrogens with zero attached hydrogens (tertiary/aromatic N) is 1. The van der Waals surface area contributed by atoms with E-state index in [9.17, 15) is 14.4 Å². The molecule has 1 fully saturated rings. The second-order valence-corrected chi connectivity index (χ2v) is 4.47. The molecule has 0 aliphatic carbocycles. The number of carbonyl (C=O) groups excluding carboxylic acids is 2. The monoisotopic (exact) mass is 284 g/mol. The highest BCUT2D eigenvalue weighted by molar-refractivity contribution is 9.10. The van der Waals surface area contributed by atoms with E-state index in [1.54, 1.807) is 12.3 Å². The summed E-state index contributed by atoms with van der Waals surface area (Å²) >= 11 is 3.18. The molecule has 6 heteroatoms. The van der Waals surface area contributed by atoms with Gasteiger partial charge in [-0.15, -0.1) is 0 Å². The van der Waals surface area contributed by atoms with Crippen LogP contribution < -0.4 is 10.9 Å². The van der Waals surface area contributed by atoms with Gasteiger partial charge < -0.3 is 4.57 Å². The molecule has 0 radical (unpaired) electrons. The van der Waals surface area contributed by atoms with Crippen LogP contribution in [0.25, 0.3) is 0 Å². The van der Waals surface area contributed by atoms with E-state index in [2.05, 4.69) is 21.2 Å². The van der Waals surface area contributed by atoms with Gasteiger partial charge in [0, 0.05) is 23.2 Å². The normalized spacial score (nSPS) is 20.7. The second kappa shape index (κ2) is 4.21. The van der Waals surface area contributed by atoms with Crippen molar-refractivity contribution in [3.8, 4) is 0 Å². The number of aromatic nitrogens is 1. The maximum absolute atomic E-state index is 11.6. The minimum Gasteiger partial charge on any atom is -0.303 e. The van der Waals surface area contributed by atoms with Crippen molar-refractivity contribution in [1.29, 1.82) is 0 Å². The standard InChI is InChI=1S/C10H9BrN2O3/c11-6-3-4-13(9(15)5-6)7-1-2-8(14)12-10(7)16/h3-5,7H,1-2H2,(H,12,14,16). The molecule has 84 valence electrons. The summed E-state index contributed by atoms with van der Waals surface area (Å²) in [5.41, 5.74) is -0.260. The summed E-state index contributed by atoms with van der Waals surface area (Å²) in [4.78, 5) is 34.1. The van der Waals surface area contributed by atoms with Gasteiger partial charge in [-0.3, -0.25) is 19.7 Å². The van der Waals surface area contributed by atoms with Crippen LogP contribution in [0, 0.1) is 0 Å². The lowest BCUT2D eigenvalue weighted by atomic mass is 10.1. The first kappa shape index (κ1) is 11.1. The third-order valence-corrected chi connectivity index (χ3v) is 2.95. The lowest BCUT2D eigenvalue weighted by Gasteiger charge is -2.22. The Labute approximate surface area is 99.6 Å². The first-order valence-corrected chi connectivity index (χ1v) is 5.58. The molecule has 16 heavy (non-hydrogen) atoms. The van der Waals surface area contributed by atoms with Gasteiger partial charge in [-0.05, 0) is 12.5 Å². The molecule has 1 aliphatic rings. The largest absolute Gasteiger partial charge is 0.303 e. The predicted octanol–water partition coefficient (Wildman–Crippen LogP) is 0.588. The van der Waals surface area contributed by atoms with Crippen molar-refractivity contribution in [3.63, 3.8) is 0 Å². The van der Waals surface area contributed by atoms with Gasteiger partial charge in [0.05, 0.1) is 0 Å². The molecule has 0 aromatic carbocycles. The number of nitrogens with one attached hydrogen (secondary N) is 1. The van der Waals surface area contributed by atoms with Crippen LogP contribution in [0.2, 0.25) is 0 Å². The number of pyridine rings is 1. The molecule has 0 spiro atoms. The van der Waals surface area contributed by atoms with E-state index >= 15 is 0 Å². The Morgan fingerprint density at radius 1 is 1.38 bits per heavy atom. The van der Waals surface area contributed by atoms with Gasteiger partial charge in [0.2, 0.25) is 11.8 Å². The molecule has 1 aliphatic heterocycles. The molecule has 2 amide bonds. The van der Waals surface area contributed by atoms with E-state index in [-0.39, 0.29) is 17.9 Å². The number of imide groups is 1. The number of carbonyl (C=O) groups is 2. The van der Waals surface area contributed by atoms with Gasteiger partial charge in [-0.25, -0.2) is 0 Å². The SMILES string of the molecule is O=C1CCC(n2ccc(Br)cc2=O)C(=O)N1. The Kier molecular flexibility index (Phi) is 2.91. The fourth-order valence-corrected chi connectivity index (χ4v) is 1.98. The molecule has 2 heterocycles.